The number of aromatic nitrogens is 2. The number of hydrogen-bond donors (Lipinski definition) is 0. The monoisotopic (exact) mass is 410 g/mol. The molecule has 2 unspecified atom stereocenters. The Kier molecular flexibility index (Phi) is 5.69. The van der Waals surface area contributed by atoms with E-state index in [2.05, 4.69) is 27.5 Å². The second kappa shape index (κ2) is 8.39. The van der Waals surface area contributed by atoms with Gasteiger partial charge < -0.3 is 4.90 Å². The van der Waals surface area contributed by atoms with Crippen LogP contribution in [0.15, 0.2) is 48.5 Å². The van der Waals surface area contributed by atoms with Crippen molar-refractivity contribution in [3.8, 4) is 0 Å². The molecule has 0 radical (unpaired) electrons. The summed E-state index contributed by atoms with van der Waals surface area (Å²) in [4.78, 5) is 17.1. The number of rotatable bonds is 4. The number of hydrogen-bond acceptors (Lipinski definition) is 5. The van der Waals surface area contributed by atoms with Crippen LogP contribution in [0.3, 0.4) is 0 Å². The van der Waals surface area contributed by atoms with Crippen molar-refractivity contribution in [2.24, 2.45) is 0 Å². The van der Waals surface area contributed by atoms with Gasteiger partial charge in [0.05, 0.1) is 11.7 Å². The van der Waals surface area contributed by atoms with Gasteiger partial charge in [0.15, 0.2) is 0 Å². The van der Waals surface area contributed by atoms with Crippen molar-refractivity contribution in [1.82, 2.24) is 18.5 Å². The van der Waals surface area contributed by atoms with E-state index in [0.29, 0.717) is 6.54 Å². The Morgan fingerprint density at radius 2 is 1.86 bits per heavy atom. The fourth-order valence-electron chi connectivity index (χ4n) is 3.72. The summed E-state index contributed by atoms with van der Waals surface area (Å²) in [5.41, 5.74) is 3.74. The molecule has 1 fully saturated rings. The number of amides is 1. The predicted octanol–water partition coefficient (Wildman–Crippen LogP) is 3.97. The average molecular weight is 411 g/mol. The topological polar surface area (TPSA) is 49.3 Å². The highest BCUT2D eigenvalue weighted by atomic mass is 32.1. The smallest absolute Gasteiger partial charge is 0.246 e. The molecule has 2 atom stereocenters. The molecular formula is C22H23FN4OS. The zero-order valence-corrected chi connectivity index (χ0v) is 17.3. The quantitative estimate of drug-likeness (QED) is 0.611. The molecule has 3 aromatic rings. The molecule has 1 aliphatic heterocycles. The van der Waals surface area contributed by atoms with E-state index in [1.807, 2.05) is 41.3 Å². The molecule has 0 spiro atoms. The zero-order chi connectivity index (χ0) is 20.4. The van der Waals surface area contributed by atoms with Crippen LogP contribution >= 0.6 is 11.7 Å². The lowest BCUT2D eigenvalue weighted by Crippen LogP contribution is -2.57. The second-order valence-electron chi connectivity index (χ2n) is 7.59. The van der Waals surface area contributed by atoms with Crippen LogP contribution in [0.2, 0.25) is 0 Å². The first-order chi connectivity index (χ1) is 14.0. The summed E-state index contributed by atoms with van der Waals surface area (Å²) < 4.78 is 21.6. The van der Waals surface area contributed by atoms with Gasteiger partial charge in [-0.25, -0.2) is 4.39 Å². The van der Waals surface area contributed by atoms with Crippen LogP contribution in [-0.2, 0) is 11.3 Å². The molecule has 1 aliphatic rings. The average Bonchev–Trinajstić information content (AvgIpc) is 3.18. The second-order valence-corrected chi connectivity index (χ2v) is 8.12. The number of nitrogens with zero attached hydrogens (tertiary/aromatic N) is 4. The molecule has 5 nitrogen and oxygen atoms in total. The van der Waals surface area contributed by atoms with E-state index in [9.17, 15) is 9.18 Å². The van der Waals surface area contributed by atoms with Crippen molar-refractivity contribution >= 4 is 34.7 Å². The first-order valence-electron chi connectivity index (χ1n) is 9.69. The summed E-state index contributed by atoms with van der Waals surface area (Å²) in [6.45, 7) is 6.41. The van der Waals surface area contributed by atoms with Crippen molar-refractivity contribution in [1.29, 1.82) is 0 Å². The largest absolute Gasteiger partial charge is 0.334 e. The van der Waals surface area contributed by atoms with Crippen molar-refractivity contribution in [2.45, 2.75) is 32.5 Å². The first kappa shape index (κ1) is 19.7. The van der Waals surface area contributed by atoms with Gasteiger partial charge in [-0.15, -0.1) is 0 Å². The minimum atomic E-state index is -0.220. The van der Waals surface area contributed by atoms with E-state index in [0.717, 1.165) is 35.2 Å². The maximum atomic E-state index is 13.1. The maximum absolute atomic E-state index is 13.1. The van der Waals surface area contributed by atoms with Crippen LogP contribution in [0.5, 0.6) is 0 Å². The lowest BCUT2D eigenvalue weighted by molar-refractivity contribution is -0.131. The third-order valence-corrected chi connectivity index (χ3v) is 5.95. The normalized spacial score (nSPS) is 20.6. The zero-order valence-electron chi connectivity index (χ0n) is 16.5. The standard InChI is InChI=1S/C22H23FN4OS/c1-15-13-27(16(2)12-26(15)14-18-3-7-19(23)8-4-18)22(28)10-6-17-5-9-20-21(11-17)25-29-24-20/h3-11,15-16H,12-14H2,1-2H3. The van der Waals surface area contributed by atoms with Crippen molar-refractivity contribution in [2.75, 3.05) is 13.1 Å². The van der Waals surface area contributed by atoms with Gasteiger partial charge in [-0.1, -0.05) is 18.2 Å². The Hall–Kier alpha value is -2.64. The Morgan fingerprint density at radius 3 is 2.66 bits per heavy atom. The van der Waals surface area contributed by atoms with Gasteiger partial charge in [0.1, 0.15) is 16.9 Å². The minimum Gasteiger partial charge on any atom is -0.334 e. The van der Waals surface area contributed by atoms with E-state index < -0.39 is 0 Å². The molecule has 0 bridgehead atoms. The van der Waals surface area contributed by atoms with Gasteiger partial charge in [-0.2, -0.15) is 8.75 Å². The summed E-state index contributed by atoms with van der Waals surface area (Å²) in [5, 5.41) is 0. The SMILES string of the molecule is CC1CN(C(=O)C=Cc2ccc3nsnc3c2)C(C)CN1Cc1ccc(F)cc1. The number of halogens is 1. The third kappa shape index (κ3) is 4.52. The van der Waals surface area contributed by atoms with Gasteiger partial charge in [-0.3, -0.25) is 9.69 Å². The Labute approximate surface area is 173 Å². The van der Waals surface area contributed by atoms with Gasteiger partial charge in [-0.05, 0) is 55.3 Å². The van der Waals surface area contributed by atoms with Crippen molar-refractivity contribution < 1.29 is 9.18 Å². The van der Waals surface area contributed by atoms with E-state index in [-0.39, 0.29) is 23.8 Å². The molecule has 150 valence electrons. The summed E-state index contributed by atoms with van der Waals surface area (Å²) in [7, 11) is 0. The Balaban J connectivity index is 1.39. The molecule has 0 saturated carbocycles. The van der Waals surface area contributed by atoms with Crippen LogP contribution in [0, 0.1) is 5.82 Å². The first-order valence-corrected chi connectivity index (χ1v) is 10.4. The van der Waals surface area contributed by atoms with E-state index >= 15 is 0 Å². The summed E-state index contributed by atoms with van der Waals surface area (Å²) in [6, 6.07) is 12.8. The van der Waals surface area contributed by atoms with Crippen LogP contribution in [0.25, 0.3) is 17.1 Å². The molecule has 1 saturated heterocycles. The molecule has 4 rings (SSSR count). The third-order valence-electron chi connectivity index (χ3n) is 5.39. The highest BCUT2D eigenvalue weighted by Gasteiger charge is 2.30. The molecule has 1 amide bonds. The van der Waals surface area contributed by atoms with Gasteiger partial charge >= 0.3 is 0 Å². The number of piperazine rings is 1. The van der Waals surface area contributed by atoms with E-state index in [4.69, 9.17) is 0 Å². The minimum absolute atomic E-state index is 0.0160. The molecule has 1 aromatic heterocycles. The fourth-order valence-corrected chi connectivity index (χ4v) is 4.23. The molecular weight excluding hydrogens is 387 g/mol. The Morgan fingerprint density at radius 1 is 1.10 bits per heavy atom. The van der Waals surface area contributed by atoms with Crippen LogP contribution < -0.4 is 0 Å². The molecule has 0 aliphatic carbocycles. The van der Waals surface area contributed by atoms with Crippen LogP contribution in [-0.4, -0.2) is 49.6 Å². The van der Waals surface area contributed by atoms with E-state index in [1.165, 1.54) is 23.9 Å². The van der Waals surface area contributed by atoms with Gasteiger partial charge in [0, 0.05) is 37.8 Å². The predicted molar refractivity (Wildman–Crippen MR) is 114 cm³/mol. The summed E-state index contributed by atoms with van der Waals surface area (Å²) in [5.74, 6) is -0.204. The number of benzene rings is 2. The molecule has 2 heterocycles. The van der Waals surface area contributed by atoms with Crippen LogP contribution in [0.4, 0.5) is 4.39 Å². The maximum Gasteiger partial charge on any atom is 0.246 e. The van der Waals surface area contributed by atoms with E-state index in [1.54, 1.807) is 6.08 Å². The van der Waals surface area contributed by atoms with Gasteiger partial charge in [0.2, 0.25) is 5.91 Å². The summed E-state index contributed by atoms with van der Waals surface area (Å²) in [6.07, 6.45) is 3.48. The van der Waals surface area contributed by atoms with Crippen molar-refractivity contribution in [3.63, 3.8) is 0 Å². The number of carbonyl (C=O) groups excluding carboxylic acids is 1. The van der Waals surface area contributed by atoms with Crippen molar-refractivity contribution in [3.05, 3.63) is 65.5 Å². The summed E-state index contributed by atoms with van der Waals surface area (Å²) >= 11 is 1.19. The van der Waals surface area contributed by atoms with Gasteiger partial charge in [0.25, 0.3) is 0 Å². The fraction of sp³-hybridized carbons (Fsp3) is 0.318. The highest BCUT2D eigenvalue weighted by molar-refractivity contribution is 7.00. The van der Waals surface area contributed by atoms with Crippen LogP contribution in [0.1, 0.15) is 25.0 Å². The lowest BCUT2D eigenvalue weighted by Gasteiger charge is -2.44. The molecule has 7 heteroatoms. The highest BCUT2D eigenvalue weighted by Crippen LogP contribution is 2.20. The lowest BCUT2D eigenvalue weighted by atomic mass is 10.1. The molecule has 29 heavy (non-hydrogen) atoms. The number of carbonyl (C=O) groups is 1. The Bertz CT molecular complexity index is 1030. The molecule has 2 aromatic carbocycles. The molecule has 0 N–H and O–H groups in total. The number of fused-ring (bicyclic) bond motifs is 1.